The van der Waals surface area contributed by atoms with E-state index < -0.39 is 0 Å². The van der Waals surface area contributed by atoms with Crippen molar-refractivity contribution in [1.82, 2.24) is 14.8 Å². The monoisotopic (exact) mass is 429 g/mol. The molecule has 0 N–H and O–H groups in total. The number of thiazole rings is 1. The van der Waals surface area contributed by atoms with Crippen LogP contribution in [-0.4, -0.2) is 54.5 Å². The van der Waals surface area contributed by atoms with Crippen molar-refractivity contribution in [3.63, 3.8) is 0 Å². The molecule has 1 unspecified atom stereocenters. The van der Waals surface area contributed by atoms with Crippen molar-refractivity contribution in [2.24, 2.45) is 5.92 Å². The molecule has 0 aliphatic carbocycles. The SMILES string of the molecule is COc1ccc(C2CCCN2C(=O)C2CCN(Cc3csc(C)n3)CC2)c(OC)c1. The molecule has 0 bridgehead atoms. The Kier molecular flexibility index (Phi) is 6.58. The molecule has 1 atom stereocenters. The van der Waals surface area contributed by atoms with Gasteiger partial charge in [-0.05, 0) is 57.8 Å². The summed E-state index contributed by atoms with van der Waals surface area (Å²) in [4.78, 5) is 22.5. The number of nitrogens with zero attached hydrogens (tertiary/aromatic N) is 3. The van der Waals surface area contributed by atoms with Crippen molar-refractivity contribution in [2.75, 3.05) is 33.9 Å². The number of carbonyl (C=O) groups is 1. The van der Waals surface area contributed by atoms with E-state index in [0.29, 0.717) is 5.91 Å². The van der Waals surface area contributed by atoms with Crippen LogP contribution in [0.3, 0.4) is 0 Å². The largest absolute Gasteiger partial charge is 0.497 e. The molecule has 0 radical (unpaired) electrons. The van der Waals surface area contributed by atoms with E-state index in [1.165, 1.54) is 0 Å². The maximum Gasteiger partial charge on any atom is 0.226 e. The second-order valence-electron chi connectivity index (χ2n) is 8.21. The number of hydrogen-bond donors (Lipinski definition) is 0. The van der Waals surface area contributed by atoms with Gasteiger partial charge in [0, 0.05) is 36.0 Å². The van der Waals surface area contributed by atoms with E-state index in [9.17, 15) is 4.79 Å². The van der Waals surface area contributed by atoms with Gasteiger partial charge in [-0.15, -0.1) is 11.3 Å². The third-order valence-corrected chi connectivity index (χ3v) is 7.15. The summed E-state index contributed by atoms with van der Waals surface area (Å²) in [6, 6.07) is 6.01. The number of aromatic nitrogens is 1. The van der Waals surface area contributed by atoms with Gasteiger partial charge in [0.25, 0.3) is 0 Å². The third kappa shape index (κ3) is 4.47. The summed E-state index contributed by atoms with van der Waals surface area (Å²) in [6.07, 6.45) is 3.86. The van der Waals surface area contributed by atoms with Gasteiger partial charge in [0.15, 0.2) is 0 Å². The highest BCUT2D eigenvalue weighted by atomic mass is 32.1. The minimum absolute atomic E-state index is 0.0920. The first kappa shape index (κ1) is 21.1. The predicted octanol–water partition coefficient (Wildman–Crippen LogP) is 4.04. The molecule has 1 amide bonds. The Labute approximate surface area is 182 Å². The minimum Gasteiger partial charge on any atom is -0.497 e. The molecule has 2 saturated heterocycles. The van der Waals surface area contributed by atoms with E-state index in [2.05, 4.69) is 20.2 Å². The number of piperidine rings is 1. The highest BCUT2D eigenvalue weighted by Gasteiger charge is 2.36. The predicted molar refractivity (Wildman–Crippen MR) is 118 cm³/mol. The van der Waals surface area contributed by atoms with Crippen molar-refractivity contribution in [2.45, 2.75) is 45.2 Å². The zero-order valence-electron chi connectivity index (χ0n) is 18.1. The molecule has 4 rings (SSSR count). The number of methoxy groups -OCH3 is 2. The van der Waals surface area contributed by atoms with Crippen LogP contribution in [0, 0.1) is 12.8 Å². The Bertz CT molecular complexity index is 876. The topological polar surface area (TPSA) is 54.9 Å². The van der Waals surface area contributed by atoms with Gasteiger partial charge in [-0.3, -0.25) is 9.69 Å². The van der Waals surface area contributed by atoms with E-state index in [0.717, 1.165) is 79.6 Å². The molecule has 1 aromatic carbocycles. The molecule has 7 heteroatoms. The summed E-state index contributed by atoms with van der Waals surface area (Å²) in [5.74, 6) is 1.99. The fourth-order valence-corrected chi connectivity index (χ4v) is 5.33. The molecule has 2 aromatic rings. The number of aryl methyl sites for hydroxylation is 1. The van der Waals surface area contributed by atoms with E-state index in [1.807, 2.05) is 25.1 Å². The molecule has 30 heavy (non-hydrogen) atoms. The second kappa shape index (κ2) is 9.35. The summed E-state index contributed by atoms with van der Waals surface area (Å²) in [5, 5.41) is 3.26. The Morgan fingerprint density at radius 1 is 1.17 bits per heavy atom. The highest BCUT2D eigenvalue weighted by molar-refractivity contribution is 7.09. The first-order valence-electron chi connectivity index (χ1n) is 10.7. The van der Waals surface area contributed by atoms with E-state index >= 15 is 0 Å². The quantitative estimate of drug-likeness (QED) is 0.694. The number of carbonyl (C=O) groups excluding carboxylic acids is 1. The normalized spacial score (nSPS) is 20.5. The molecule has 0 spiro atoms. The molecular weight excluding hydrogens is 398 g/mol. The van der Waals surface area contributed by atoms with Crippen LogP contribution in [0.5, 0.6) is 11.5 Å². The van der Waals surface area contributed by atoms with Gasteiger partial charge in [0.2, 0.25) is 5.91 Å². The summed E-state index contributed by atoms with van der Waals surface area (Å²) in [6.45, 7) is 5.68. The number of benzene rings is 1. The fourth-order valence-electron chi connectivity index (χ4n) is 4.73. The van der Waals surface area contributed by atoms with Crippen LogP contribution in [-0.2, 0) is 11.3 Å². The molecule has 3 heterocycles. The van der Waals surface area contributed by atoms with Gasteiger partial charge >= 0.3 is 0 Å². The summed E-state index contributed by atoms with van der Waals surface area (Å²) < 4.78 is 10.9. The van der Waals surface area contributed by atoms with Crippen LogP contribution in [0.25, 0.3) is 0 Å². The second-order valence-corrected chi connectivity index (χ2v) is 9.27. The molecule has 2 fully saturated rings. The Hall–Kier alpha value is -2.12. The van der Waals surface area contributed by atoms with Crippen molar-refractivity contribution in [1.29, 1.82) is 0 Å². The van der Waals surface area contributed by atoms with Gasteiger partial charge in [-0.25, -0.2) is 4.98 Å². The van der Waals surface area contributed by atoms with Crippen LogP contribution in [0.2, 0.25) is 0 Å². The first-order valence-corrected chi connectivity index (χ1v) is 11.6. The zero-order chi connectivity index (χ0) is 21.1. The zero-order valence-corrected chi connectivity index (χ0v) is 18.9. The lowest BCUT2D eigenvalue weighted by molar-refractivity contribution is -0.138. The van der Waals surface area contributed by atoms with E-state index in [4.69, 9.17) is 9.47 Å². The number of ether oxygens (including phenoxy) is 2. The average Bonchev–Trinajstić information content (AvgIpc) is 3.42. The van der Waals surface area contributed by atoms with Gasteiger partial charge < -0.3 is 14.4 Å². The minimum atomic E-state index is 0.0920. The first-order chi connectivity index (χ1) is 14.6. The summed E-state index contributed by atoms with van der Waals surface area (Å²) in [7, 11) is 3.33. The number of likely N-dealkylation sites (tertiary alicyclic amines) is 2. The molecular formula is C23H31N3O3S. The number of hydrogen-bond acceptors (Lipinski definition) is 6. The van der Waals surface area contributed by atoms with Gasteiger partial charge in [-0.1, -0.05) is 0 Å². The molecule has 2 aliphatic heterocycles. The molecule has 162 valence electrons. The lowest BCUT2D eigenvalue weighted by Crippen LogP contribution is -2.42. The third-order valence-electron chi connectivity index (χ3n) is 6.32. The van der Waals surface area contributed by atoms with E-state index in [1.54, 1.807) is 25.6 Å². The van der Waals surface area contributed by atoms with Crippen LogP contribution in [0.1, 0.15) is 48.0 Å². The van der Waals surface area contributed by atoms with Crippen molar-refractivity contribution < 1.29 is 14.3 Å². The Morgan fingerprint density at radius 2 is 1.97 bits per heavy atom. The smallest absolute Gasteiger partial charge is 0.226 e. The lowest BCUT2D eigenvalue weighted by Gasteiger charge is -2.35. The maximum atomic E-state index is 13.4. The highest BCUT2D eigenvalue weighted by Crippen LogP contribution is 2.40. The fraction of sp³-hybridized carbons (Fsp3) is 0.565. The lowest BCUT2D eigenvalue weighted by atomic mass is 9.94. The molecule has 2 aliphatic rings. The van der Waals surface area contributed by atoms with Gasteiger partial charge in [-0.2, -0.15) is 0 Å². The number of amides is 1. The van der Waals surface area contributed by atoms with Crippen LogP contribution in [0.15, 0.2) is 23.6 Å². The number of rotatable bonds is 6. The Balaban J connectivity index is 1.39. The summed E-state index contributed by atoms with van der Waals surface area (Å²) in [5.41, 5.74) is 2.23. The average molecular weight is 430 g/mol. The van der Waals surface area contributed by atoms with Gasteiger partial charge in [0.1, 0.15) is 11.5 Å². The standard InChI is InChI=1S/C23H31N3O3S/c1-16-24-18(15-30-16)14-25-11-8-17(9-12-25)23(27)26-10-4-5-21(26)20-7-6-19(28-2)13-22(20)29-3/h6-7,13,15,17,21H,4-5,8-12,14H2,1-3H3. The van der Waals surface area contributed by atoms with Gasteiger partial charge in [0.05, 0.1) is 31.0 Å². The van der Waals surface area contributed by atoms with Crippen LogP contribution >= 0.6 is 11.3 Å². The van der Waals surface area contributed by atoms with Crippen LogP contribution in [0.4, 0.5) is 0 Å². The Morgan fingerprint density at radius 3 is 2.63 bits per heavy atom. The van der Waals surface area contributed by atoms with Crippen molar-refractivity contribution in [3.05, 3.63) is 39.8 Å². The maximum absolute atomic E-state index is 13.4. The van der Waals surface area contributed by atoms with Crippen molar-refractivity contribution >= 4 is 17.2 Å². The van der Waals surface area contributed by atoms with E-state index in [-0.39, 0.29) is 12.0 Å². The molecule has 1 aromatic heterocycles. The van der Waals surface area contributed by atoms with Crippen molar-refractivity contribution in [3.8, 4) is 11.5 Å². The van der Waals surface area contributed by atoms with Crippen LogP contribution < -0.4 is 9.47 Å². The molecule has 6 nitrogen and oxygen atoms in total. The molecule has 0 saturated carbocycles. The summed E-state index contributed by atoms with van der Waals surface area (Å²) >= 11 is 1.70.